The number of carbonyl (C=O) groups excluding carboxylic acids is 2. The van der Waals surface area contributed by atoms with Gasteiger partial charge in [0.15, 0.2) is 4.80 Å². The third-order valence-corrected chi connectivity index (χ3v) is 5.62. The summed E-state index contributed by atoms with van der Waals surface area (Å²) < 4.78 is 7.98. The van der Waals surface area contributed by atoms with E-state index in [2.05, 4.69) is 4.99 Å². The monoisotopic (exact) mass is 396 g/mol. The second-order valence-electron chi connectivity index (χ2n) is 6.64. The lowest BCUT2D eigenvalue weighted by Gasteiger charge is -2.05. The number of rotatable bonds is 5. The van der Waals surface area contributed by atoms with E-state index in [4.69, 9.17) is 4.74 Å². The smallest absolute Gasteiger partial charge is 0.338 e. The van der Waals surface area contributed by atoms with Crippen LogP contribution in [0.15, 0.2) is 41.4 Å². The van der Waals surface area contributed by atoms with Gasteiger partial charge in [-0.25, -0.2) is 4.79 Å². The van der Waals surface area contributed by atoms with Crippen LogP contribution in [0, 0.1) is 13.8 Å². The highest BCUT2D eigenvalue weighted by Crippen LogP contribution is 2.20. The number of amides is 1. The van der Waals surface area contributed by atoms with Gasteiger partial charge in [0, 0.05) is 6.54 Å². The molecular weight excluding hydrogens is 372 g/mol. The number of thiazole rings is 1. The molecule has 0 radical (unpaired) electrons. The highest BCUT2D eigenvalue weighted by molar-refractivity contribution is 7.16. The lowest BCUT2D eigenvalue weighted by Crippen LogP contribution is -2.16. The van der Waals surface area contributed by atoms with Crippen molar-refractivity contribution in [2.24, 2.45) is 4.99 Å². The predicted molar refractivity (Wildman–Crippen MR) is 112 cm³/mol. The van der Waals surface area contributed by atoms with Gasteiger partial charge in [-0.1, -0.05) is 35.1 Å². The van der Waals surface area contributed by atoms with Gasteiger partial charge < -0.3 is 9.30 Å². The number of hydrogen-bond donors (Lipinski definition) is 0. The average molecular weight is 397 g/mol. The molecule has 3 aromatic rings. The van der Waals surface area contributed by atoms with Crippen molar-refractivity contribution in [2.75, 3.05) is 6.61 Å². The number of esters is 1. The van der Waals surface area contributed by atoms with Crippen molar-refractivity contribution in [2.45, 2.75) is 40.7 Å². The van der Waals surface area contributed by atoms with Crippen LogP contribution in [-0.4, -0.2) is 23.1 Å². The number of benzene rings is 2. The van der Waals surface area contributed by atoms with Crippen molar-refractivity contribution in [1.82, 2.24) is 4.57 Å². The Morgan fingerprint density at radius 3 is 2.61 bits per heavy atom. The summed E-state index contributed by atoms with van der Waals surface area (Å²) in [6, 6.07) is 11.5. The molecule has 1 aromatic heterocycles. The van der Waals surface area contributed by atoms with Crippen LogP contribution in [0.3, 0.4) is 0 Å². The Hall–Kier alpha value is -2.73. The van der Waals surface area contributed by atoms with Crippen molar-refractivity contribution < 1.29 is 14.3 Å². The zero-order valence-electron chi connectivity index (χ0n) is 16.6. The van der Waals surface area contributed by atoms with Crippen LogP contribution in [0.5, 0.6) is 0 Å². The molecule has 0 unspecified atom stereocenters. The summed E-state index contributed by atoms with van der Waals surface area (Å²) in [5.41, 5.74) is 4.69. The Morgan fingerprint density at radius 2 is 1.89 bits per heavy atom. The van der Waals surface area contributed by atoms with Crippen LogP contribution in [-0.2, 0) is 22.5 Å². The van der Waals surface area contributed by atoms with Gasteiger partial charge in [-0.3, -0.25) is 4.79 Å². The van der Waals surface area contributed by atoms with Crippen LogP contribution in [0.25, 0.3) is 10.2 Å². The number of aromatic nitrogens is 1. The highest BCUT2D eigenvalue weighted by Gasteiger charge is 2.12. The van der Waals surface area contributed by atoms with E-state index < -0.39 is 0 Å². The molecule has 5 nitrogen and oxygen atoms in total. The second-order valence-corrected chi connectivity index (χ2v) is 7.65. The number of ether oxygens (including phenoxy) is 1. The molecule has 1 heterocycles. The maximum absolute atomic E-state index is 12.6. The molecule has 6 heteroatoms. The summed E-state index contributed by atoms with van der Waals surface area (Å²) in [5, 5.41) is 0. The van der Waals surface area contributed by atoms with E-state index in [1.54, 1.807) is 19.1 Å². The molecule has 0 bridgehead atoms. The summed E-state index contributed by atoms with van der Waals surface area (Å²) >= 11 is 1.41. The van der Waals surface area contributed by atoms with Crippen LogP contribution >= 0.6 is 11.3 Å². The zero-order chi connectivity index (χ0) is 20.3. The number of nitrogens with zero attached hydrogens (tertiary/aromatic N) is 2. The molecule has 0 fully saturated rings. The summed E-state index contributed by atoms with van der Waals surface area (Å²) in [5.74, 6) is -0.515. The fraction of sp³-hybridized carbons (Fsp3) is 0.318. The van der Waals surface area contributed by atoms with Crippen LogP contribution < -0.4 is 4.80 Å². The average Bonchev–Trinajstić information content (AvgIpc) is 3.00. The standard InChI is InChI=1S/C22H24N2O3S/c1-5-24-18-10-9-16(21(26)27-6-2)12-19(18)28-22(24)23-20(25)13-17-11-14(3)7-8-15(17)4/h7-12H,5-6,13H2,1-4H3. The fourth-order valence-electron chi connectivity index (χ4n) is 3.11. The van der Waals surface area contributed by atoms with Gasteiger partial charge in [-0.15, -0.1) is 0 Å². The molecule has 28 heavy (non-hydrogen) atoms. The van der Waals surface area contributed by atoms with Gasteiger partial charge in [-0.05, 0) is 57.0 Å². The summed E-state index contributed by atoms with van der Waals surface area (Å²) in [7, 11) is 0. The maximum Gasteiger partial charge on any atom is 0.338 e. The Kier molecular flexibility index (Phi) is 6.09. The van der Waals surface area contributed by atoms with Gasteiger partial charge in [-0.2, -0.15) is 4.99 Å². The number of carbonyl (C=O) groups is 2. The summed E-state index contributed by atoms with van der Waals surface area (Å²) in [6.07, 6.45) is 0.277. The van der Waals surface area contributed by atoms with Crippen molar-refractivity contribution in [3.63, 3.8) is 0 Å². The first kappa shape index (κ1) is 20.0. The Balaban J connectivity index is 1.97. The Morgan fingerprint density at radius 1 is 1.11 bits per heavy atom. The Labute approximate surface area is 168 Å². The minimum Gasteiger partial charge on any atom is -0.462 e. The third-order valence-electron chi connectivity index (χ3n) is 4.58. The normalized spacial score (nSPS) is 11.8. The third kappa shape index (κ3) is 4.22. The molecule has 2 aromatic carbocycles. The zero-order valence-corrected chi connectivity index (χ0v) is 17.4. The maximum atomic E-state index is 12.6. The largest absolute Gasteiger partial charge is 0.462 e. The first-order valence-electron chi connectivity index (χ1n) is 9.37. The first-order chi connectivity index (χ1) is 13.4. The molecule has 0 aliphatic rings. The quantitative estimate of drug-likeness (QED) is 0.608. The van der Waals surface area contributed by atoms with E-state index in [1.807, 2.05) is 49.6 Å². The van der Waals surface area contributed by atoms with Crippen LogP contribution in [0.4, 0.5) is 0 Å². The minimum atomic E-state index is -0.342. The molecule has 0 saturated heterocycles. The number of hydrogen-bond acceptors (Lipinski definition) is 4. The van der Waals surface area contributed by atoms with Gasteiger partial charge in [0.1, 0.15) is 0 Å². The lowest BCUT2D eigenvalue weighted by atomic mass is 10.0. The number of aryl methyl sites for hydroxylation is 3. The van der Waals surface area contributed by atoms with Gasteiger partial charge in [0.2, 0.25) is 0 Å². The van der Waals surface area contributed by atoms with Crippen LogP contribution in [0.2, 0.25) is 0 Å². The van der Waals surface area contributed by atoms with Crippen molar-refractivity contribution in [3.05, 3.63) is 63.5 Å². The van der Waals surface area contributed by atoms with Crippen LogP contribution in [0.1, 0.15) is 40.9 Å². The van der Waals surface area contributed by atoms with E-state index in [0.717, 1.165) is 26.9 Å². The minimum absolute atomic E-state index is 0.173. The van der Waals surface area contributed by atoms with E-state index in [-0.39, 0.29) is 18.3 Å². The molecule has 146 valence electrons. The van der Waals surface area contributed by atoms with Crippen molar-refractivity contribution in [3.8, 4) is 0 Å². The Bertz CT molecular complexity index is 1110. The molecule has 3 rings (SSSR count). The second kappa shape index (κ2) is 8.52. The van der Waals surface area contributed by atoms with E-state index in [0.29, 0.717) is 23.5 Å². The molecule has 1 amide bonds. The molecule has 0 aliphatic heterocycles. The van der Waals surface area contributed by atoms with Gasteiger partial charge in [0.25, 0.3) is 5.91 Å². The molecule has 0 N–H and O–H groups in total. The van der Waals surface area contributed by atoms with Gasteiger partial charge in [0.05, 0.1) is 28.8 Å². The molecular formula is C22H24N2O3S. The van der Waals surface area contributed by atoms with E-state index >= 15 is 0 Å². The molecule has 0 spiro atoms. The molecule has 0 saturated carbocycles. The predicted octanol–water partition coefficient (Wildman–Crippen LogP) is 4.19. The van der Waals surface area contributed by atoms with E-state index in [1.165, 1.54) is 11.3 Å². The lowest BCUT2D eigenvalue weighted by molar-refractivity contribution is -0.117. The van der Waals surface area contributed by atoms with E-state index in [9.17, 15) is 9.59 Å². The van der Waals surface area contributed by atoms with Crippen molar-refractivity contribution in [1.29, 1.82) is 0 Å². The van der Waals surface area contributed by atoms with Crippen molar-refractivity contribution >= 4 is 33.4 Å². The summed E-state index contributed by atoms with van der Waals surface area (Å²) in [6.45, 7) is 8.84. The SMILES string of the molecule is CCOC(=O)c1ccc2c(c1)sc(=NC(=O)Cc1cc(C)ccc1C)n2CC. The molecule has 0 atom stereocenters. The molecule has 0 aliphatic carbocycles. The topological polar surface area (TPSA) is 60.7 Å². The fourth-order valence-corrected chi connectivity index (χ4v) is 4.26. The van der Waals surface area contributed by atoms with Gasteiger partial charge >= 0.3 is 5.97 Å². The highest BCUT2D eigenvalue weighted by atomic mass is 32.1. The summed E-state index contributed by atoms with van der Waals surface area (Å²) in [4.78, 5) is 29.6. The first-order valence-corrected chi connectivity index (χ1v) is 10.2. The number of fused-ring (bicyclic) bond motifs is 1.